The van der Waals surface area contributed by atoms with Crippen molar-refractivity contribution in [2.75, 3.05) is 6.54 Å². The van der Waals surface area contributed by atoms with Crippen LogP contribution in [0.15, 0.2) is 9.59 Å². The van der Waals surface area contributed by atoms with Crippen molar-refractivity contribution in [3.05, 3.63) is 26.7 Å². The van der Waals surface area contributed by atoms with Gasteiger partial charge in [0.05, 0.1) is 6.04 Å². The maximum absolute atomic E-state index is 12.5. The zero-order valence-electron chi connectivity index (χ0n) is 13.6. The van der Waals surface area contributed by atoms with Gasteiger partial charge in [-0.2, -0.15) is 0 Å². The van der Waals surface area contributed by atoms with E-state index in [0.29, 0.717) is 11.2 Å². The first kappa shape index (κ1) is 15.0. The molecule has 2 atom stereocenters. The van der Waals surface area contributed by atoms with E-state index >= 15 is 0 Å². The van der Waals surface area contributed by atoms with Gasteiger partial charge in [-0.1, -0.05) is 6.92 Å². The van der Waals surface area contributed by atoms with Crippen LogP contribution in [0, 0.1) is 0 Å². The highest BCUT2D eigenvalue weighted by Crippen LogP contribution is 2.25. The molecule has 7 heteroatoms. The van der Waals surface area contributed by atoms with Crippen LogP contribution < -0.4 is 16.6 Å². The molecule has 0 saturated carbocycles. The molecule has 2 aromatic heterocycles. The van der Waals surface area contributed by atoms with Crippen molar-refractivity contribution in [3.8, 4) is 0 Å². The second kappa shape index (κ2) is 5.39. The standard InChI is InChI=1S/C15H23N5O2/c1-5-9(2)20-13-11(14(21)19(4)15(20)22)18(3)12(17-13)10-7-6-8-16-10/h9-10,16H,5-8H2,1-4H3. The predicted molar refractivity (Wildman–Crippen MR) is 85.2 cm³/mol. The number of nitrogens with one attached hydrogen (secondary N) is 1. The van der Waals surface area contributed by atoms with Crippen molar-refractivity contribution in [1.29, 1.82) is 0 Å². The fourth-order valence-electron chi connectivity index (χ4n) is 3.20. The van der Waals surface area contributed by atoms with Gasteiger partial charge in [-0.25, -0.2) is 9.78 Å². The number of aryl methyl sites for hydroxylation is 1. The third-order valence-electron chi connectivity index (χ3n) is 4.74. The van der Waals surface area contributed by atoms with E-state index in [0.717, 1.165) is 31.6 Å². The minimum absolute atomic E-state index is 0.00101. The highest BCUT2D eigenvalue weighted by Gasteiger charge is 2.26. The molecule has 0 radical (unpaired) electrons. The van der Waals surface area contributed by atoms with Crippen LogP contribution in [0.2, 0.25) is 0 Å². The Hall–Kier alpha value is -1.89. The minimum Gasteiger partial charge on any atom is -0.324 e. The molecule has 0 bridgehead atoms. The number of hydrogen-bond donors (Lipinski definition) is 1. The van der Waals surface area contributed by atoms with Gasteiger partial charge in [-0.3, -0.25) is 13.9 Å². The van der Waals surface area contributed by atoms with Crippen LogP contribution in [0.3, 0.4) is 0 Å². The van der Waals surface area contributed by atoms with Gasteiger partial charge >= 0.3 is 5.69 Å². The van der Waals surface area contributed by atoms with Gasteiger partial charge in [0.2, 0.25) is 0 Å². The van der Waals surface area contributed by atoms with Crippen LogP contribution in [-0.4, -0.2) is 25.2 Å². The van der Waals surface area contributed by atoms with Crippen LogP contribution in [0.4, 0.5) is 0 Å². The van der Waals surface area contributed by atoms with Crippen molar-refractivity contribution in [2.45, 2.75) is 45.2 Å². The summed E-state index contributed by atoms with van der Waals surface area (Å²) >= 11 is 0. The number of nitrogens with zero attached hydrogens (tertiary/aromatic N) is 4. The molecule has 1 aliphatic heterocycles. The molecule has 22 heavy (non-hydrogen) atoms. The molecule has 0 aromatic carbocycles. The highest BCUT2D eigenvalue weighted by molar-refractivity contribution is 5.71. The molecule has 2 aromatic rings. The zero-order valence-corrected chi connectivity index (χ0v) is 13.6. The van der Waals surface area contributed by atoms with E-state index in [1.807, 2.05) is 25.5 Å². The van der Waals surface area contributed by atoms with Gasteiger partial charge in [0, 0.05) is 20.1 Å². The molecule has 1 fully saturated rings. The van der Waals surface area contributed by atoms with Crippen molar-refractivity contribution in [2.24, 2.45) is 14.1 Å². The van der Waals surface area contributed by atoms with Gasteiger partial charge in [-0.05, 0) is 32.7 Å². The maximum Gasteiger partial charge on any atom is 0.332 e. The van der Waals surface area contributed by atoms with Gasteiger partial charge in [-0.15, -0.1) is 0 Å². The van der Waals surface area contributed by atoms with Gasteiger partial charge in [0.1, 0.15) is 5.82 Å². The molecule has 1 saturated heterocycles. The molecule has 1 N–H and O–H groups in total. The summed E-state index contributed by atoms with van der Waals surface area (Å²) in [6, 6.07) is 0.156. The van der Waals surface area contributed by atoms with Crippen LogP contribution in [-0.2, 0) is 14.1 Å². The SMILES string of the molecule is CCC(C)n1c(=O)n(C)c(=O)c2c1nc(C1CCCN1)n2C. The summed E-state index contributed by atoms with van der Waals surface area (Å²) in [6.45, 7) is 4.97. The molecular formula is C15H23N5O2. The van der Waals surface area contributed by atoms with Crippen LogP contribution in [0.1, 0.15) is 51.0 Å². The van der Waals surface area contributed by atoms with E-state index in [1.165, 1.54) is 11.6 Å². The summed E-state index contributed by atoms with van der Waals surface area (Å²) in [7, 11) is 3.39. The molecule has 0 spiro atoms. The summed E-state index contributed by atoms with van der Waals surface area (Å²) in [5.41, 5.74) is 0.439. The Morgan fingerprint density at radius 3 is 2.64 bits per heavy atom. The smallest absolute Gasteiger partial charge is 0.324 e. The first-order chi connectivity index (χ1) is 10.5. The third-order valence-corrected chi connectivity index (χ3v) is 4.74. The molecule has 0 aliphatic carbocycles. The van der Waals surface area contributed by atoms with E-state index < -0.39 is 0 Å². The molecule has 1 aliphatic rings. The second-order valence-electron chi connectivity index (χ2n) is 6.12. The largest absolute Gasteiger partial charge is 0.332 e. The average molecular weight is 305 g/mol. The summed E-state index contributed by atoms with van der Waals surface area (Å²) < 4.78 is 4.68. The van der Waals surface area contributed by atoms with Crippen molar-refractivity contribution in [3.63, 3.8) is 0 Å². The summed E-state index contributed by atoms with van der Waals surface area (Å²) in [5.74, 6) is 0.840. The number of hydrogen-bond acceptors (Lipinski definition) is 4. The van der Waals surface area contributed by atoms with E-state index in [4.69, 9.17) is 0 Å². The normalized spacial score (nSPS) is 19.9. The Balaban J connectivity index is 2.37. The summed E-state index contributed by atoms with van der Waals surface area (Å²) in [4.78, 5) is 29.7. The predicted octanol–water partition coefficient (Wildman–Crippen LogP) is 0.829. The van der Waals surface area contributed by atoms with Gasteiger partial charge in [0.25, 0.3) is 5.56 Å². The lowest BCUT2D eigenvalue weighted by Crippen LogP contribution is -2.39. The monoisotopic (exact) mass is 305 g/mol. The van der Waals surface area contributed by atoms with Crippen molar-refractivity contribution in [1.82, 2.24) is 24.0 Å². The Morgan fingerprint density at radius 2 is 2.05 bits per heavy atom. The van der Waals surface area contributed by atoms with Crippen molar-refractivity contribution < 1.29 is 0 Å². The van der Waals surface area contributed by atoms with Gasteiger partial charge in [0.15, 0.2) is 11.2 Å². The quantitative estimate of drug-likeness (QED) is 0.911. The lowest BCUT2D eigenvalue weighted by Gasteiger charge is -2.14. The number of rotatable bonds is 3. The Morgan fingerprint density at radius 1 is 1.32 bits per heavy atom. The van der Waals surface area contributed by atoms with Crippen LogP contribution >= 0.6 is 0 Å². The Kier molecular flexibility index (Phi) is 3.68. The average Bonchev–Trinajstić information content (AvgIpc) is 3.13. The lowest BCUT2D eigenvalue weighted by atomic mass is 10.2. The van der Waals surface area contributed by atoms with E-state index in [-0.39, 0.29) is 23.3 Å². The second-order valence-corrected chi connectivity index (χ2v) is 6.12. The maximum atomic E-state index is 12.5. The molecular weight excluding hydrogens is 282 g/mol. The summed E-state index contributed by atoms with van der Waals surface area (Å²) in [6.07, 6.45) is 2.91. The van der Waals surface area contributed by atoms with Crippen LogP contribution in [0.25, 0.3) is 11.2 Å². The van der Waals surface area contributed by atoms with E-state index in [9.17, 15) is 9.59 Å². The number of imidazole rings is 1. The molecule has 2 unspecified atom stereocenters. The molecule has 3 heterocycles. The molecule has 3 rings (SSSR count). The topological polar surface area (TPSA) is 73.8 Å². The highest BCUT2D eigenvalue weighted by atomic mass is 16.2. The molecule has 7 nitrogen and oxygen atoms in total. The Bertz CT molecular complexity index is 823. The fraction of sp³-hybridized carbons (Fsp3) is 0.667. The van der Waals surface area contributed by atoms with Crippen molar-refractivity contribution >= 4 is 11.2 Å². The number of aromatic nitrogens is 4. The molecule has 120 valence electrons. The van der Waals surface area contributed by atoms with Crippen LogP contribution in [0.5, 0.6) is 0 Å². The van der Waals surface area contributed by atoms with E-state index in [1.54, 1.807) is 4.57 Å². The van der Waals surface area contributed by atoms with Gasteiger partial charge < -0.3 is 9.88 Å². The number of fused-ring (bicyclic) bond motifs is 1. The molecule has 0 amide bonds. The summed E-state index contributed by atoms with van der Waals surface area (Å²) in [5, 5.41) is 3.41. The first-order valence-corrected chi connectivity index (χ1v) is 7.88. The Labute approximate surface area is 128 Å². The van der Waals surface area contributed by atoms with E-state index in [2.05, 4.69) is 10.3 Å². The first-order valence-electron chi connectivity index (χ1n) is 7.88. The third kappa shape index (κ3) is 2.03. The zero-order chi connectivity index (χ0) is 16.0. The minimum atomic E-state index is -0.295. The fourth-order valence-corrected chi connectivity index (χ4v) is 3.20. The lowest BCUT2D eigenvalue weighted by molar-refractivity contribution is 0.499.